The summed E-state index contributed by atoms with van der Waals surface area (Å²) >= 11 is 0. The van der Waals surface area contributed by atoms with Crippen molar-refractivity contribution in [2.45, 2.75) is 19.5 Å². The molecule has 10 heteroatoms. The predicted molar refractivity (Wildman–Crippen MR) is 122 cm³/mol. The summed E-state index contributed by atoms with van der Waals surface area (Å²) in [6.45, 7) is 0.00798. The van der Waals surface area contributed by atoms with Gasteiger partial charge in [0.05, 0.1) is 28.9 Å². The van der Waals surface area contributed by atoms with Crippen molar-refractivity contribution < 1.29 is 13.6 Å². The molecule has 0 atom stereocenters. The van der Waals surface area contributed by atoms with Crippen LogP contribution in [-0.4, -0.2) is 44.2 Å². The molecular weight excluding hydrogens is 442 g/mol. The van der Waals surface area contributed by atoms with Gasteiger partial charge in [0.15, 0.2) is 0 Å². The lowest BCUT2D eigenvalue weighted by Gasteiger charge is -2.16. The first-order valence-electron chi connectivity index (χ1n) is 10.7. The van der Waals surface area contributed by atoms with Crippen LogP contribution in [0.3, 0.4) is 0 Å². The molecule has 0 aliphatic carbocycles. The molecule has 2 aromatic carbocycles. The first-order chi connectivity index (χ1) is 16.5. The maximum atomic E-state index is 14.7. The normalized spacial score (nSPS) is 12.7. The number of nitrogens with zero attached hydrogens (tertiary/aromatic N) is 4. The number of nitrogens with one attached hydrogen (secondary N) is 2. The van der Waals surface area contributed by atoms with Crippen LogP contribution in [0.1, 0.15) is 32.9 Å². The molecule has 3 heterocycles. The Morgan fingerprint density at radius 2 is 1.97 bits per heavy atom. The Labute approximate surface area is 192 Å². The fourth-order valence-corrected chi connectivity index (χ4v) is 4.06. The quantitative estimate of drug-likeness (QED) is 0.457. The maximum Gasteiger partial charge on any atom is 0.272 e. The van der Waals surface area contributed by atoms with Gasteiger partial charge >= 0.3 is 0 Å². The fraction of sp³-hybridized carbons (Fsp3) is 0.208. The van der Waals surface area contributed by atoms with E-state index in [1.54, 1.807) is 24.4 Å². The molecule has 0 radical (unpaired) electrons. The van der Waals surface area contributed by atoms with Crippen LogP contribution in [0.2, 0.25) is 0 Å². The second-order valence-electron chi connectivity index (χ2n) is 7.98. The van der Waals surface area contributed by atoms with Crippen molar-refractivity contribution >= 4 is 22.6 Å². The van der Waals surface area contributed by atoms with E-state index in [2.05, 4.69) is 25.5 Å². The number of anilines is 1. The van der Waals surface area contributed by atoms with Crippen LogP contribution in [-0.2, 0) is 19.5 Å². The van der Waals surface area contributed by atoms with Crippen LogP contribution in [0.5, 0.6) is 0 Å². The molecule has 0 saturated carbocycles. The number of H-pyrrole nitrogens is 1. The lowest BCUT2D eigenvalue weighted by molar-refractivity contribution is 0.0745. The number of alkyl halides is 1. The third-order valence-corrected chi connectivity index (χ3v) is 5.73. The molecule has 1 amide bonds. The topological polar surface area (TPSA) is 104 Å². The Morgan fingerprint density at radius 1 is 1.15 bits per heavy atom. The van der Waals surface area contributed by atoms with Crippen LogP contribution in [0.25, 0.3) is 10.8 Å². The Bertz CT molecular complexity index is 1460. The molecule has 1 aliphatic heterocycles. The second kappa shape index (κ2) is 8.97. The summed E-state index contributed by atoms with van der Waals surface area (Å²) in [4.78, 5) is 35.2. The molecule has 5 rings (SSSR count). The van der Waals surface area contributed by atoms with Crippen LogP contribution in [0, 0.1) is 5.82 Å². The molecule has 2 aromatic heterocycles. The summed E-state index contributed by atoms with van der Waals surface area (Å²) in [5.74, 6) is -0.796. The number of carbonyl (C=O) groups is 1. The number of aromatic nitrogens is 4. The molecule has 0 spiro atoms. The van der Waals surface area contributed by atoms with E-state index in [4.69, 9.17) is 0 Å². The van der Waals surface area contributed by atoms with Gasteiger partial charge in [-0.1, -0.05) is 24.3 Å². The molecular formula is C24H20F2N6O2. The minimum Gasteiger partial charge on any atom is -0.352 e. The van der Waals surface area contributed by atoms with E-state index >= 15 is 0 Å². The molecule has 4 aromatic rings. The number of halogens is 2. The summed E-state index contributed by atoms with van der Waals surface area (Å²) in [5, 5.41) is 10.6. The van der Waals surface area contributed by atoms with Crippen molar-refractivity contribution in [3.63, 3.8) is 0 Å². The monoisotopic (exact) mass is 462 g/mol. The lowest BCUT2D eigenvalue weighted by atomic mass is 10.0. The summed E-state index contributed by atoms with van der Waals surface area (Å²) in [6, 6.07) is 11.5. The van der Waals surface area contributed by atoms with Crippen LogP contribution < -0.4 is 10.9 Å². The minimum atomic E-state index is -0.625. The van der Waals surface area contributed by atoms with E-state index in [0.717, 1.165) is 5.56 Å². The SMILES string of the molecule is O=C(c1cc(Cc2n[nH]c(=O)c3ccccc23)ccc1F)N1Cc2cnc(NCCF)nc2C1. The number of carbonyl (C=O) groups excluding carboxylic acids is 1. The number of amides is 1. The number of benzene rings is 2. The molecule has 34 heavy (non-hydrogen) atoms. The van der Waals surface area contributed by atoms with E-state index in [-0.39, 0.29) is 30.8 Å². The third kappa shape index (κ3) is 4.09. The number of hydrogen-bond donors (Lipinski definition) is 2. The summed E-state index contributed by atoms with van der Waals surface area (Å²) < 4.78 is 27.1. The molecule has 1 aliphatic rings. The van der Waals surface area contributed by atoms with Gasteiger partial charge in [-0.25, -0.2) is 23.8 Å². The maximum absolute atomic E-state index is 14.7. The molecule has 2 N–H and O–H groups in total. The highest BCUT2D eigenvalue weighted by Crippen LogP contribution is 2.25. The van der Waals surface area contributed by atoms with Crippen molar-refractivity contribution in [3.8, 4) is 0 Å². The first kappa shape index (κ1) is 21.6. The van der Waals surface area contributed by atoms with Gasteiger partial charge in [0.25, 0.3) is 11.5 Å². The molecule has 172 valence electrons. The Balaban J connectivity index is 1.39. The van der Waals surface area contributed by atoms with Gasteiger partial charge in [-0.2, -0.15) is 5.10 Å². The van der Waals surface area contributed by atoms with Gasteiger partial charge in [-0.05, 0) is 23.8 Å². The van der Waals surface area contributed by atoms with Gasteiger partial charge in [0, 0.05) is 36.7 Å². The first-order valence-corrected chi connectivity index (χ1v) is 10.7. The molecule has 0 fully saturated rings. The van der Waals surface area contributed by atoms with E-state index in [0.29, 0.717) is 40.1 Å². The van der Waals surface area contributed by atoms with E-state index < -0.39 is 18.4 Å². The highest BCUT2D eigenvalue weighted by molar-refractivity contribution is 5.95. The van der Waals surface area contributed by atoms with Gasteiger partial charge in [-0.3, -0.25) is 9.59 Å². The molecule has 0 saturated heterocycles. The van der Waals surface area contributed by atoms with Crippen molar-refractivity contribution in [1.82, 2.24) is 25.1 Å². The minimum absolute atomic E-state index is 0.0530. The number of rotatable bonds is 6. The van der Waals surface area contributed by atoms with Gasteiger partial charge in [0.2, 0.25) is 5.95 Å². The summed E-state index contributed by atoms with van der Waals surface area (Å²) in [5.41, 5.74) is 2.38. The van der Waals surface area contributed by atoms with Crippen molar-refractivity contribution in [2.24, 2.45) is 0 Å². The Morgan fingerprint density at radius 3 is 2.79 bits per heavy atom. The van der Waals surface area contributed by atoms with Gasteiger partial charge in [-0.15, -0.1) is 0 Å². The van der Waals surface area contributed by atoms with Crippen LogP contribution in [0.15, 0.2) is 53.5 Å². The average Bonchev–Trinajstić information content (AvgIpc) is 3.29. The van der Waals surface area contributed by atoms with Gasteiger partial charge in [0.1, 0.15) is 12.5 Å². The Kier molecular flexibility index (Phi) is 5.70. The lowest BCUT2D eigenvalue weighted by Crippen LogP contribution is -2.26. The van der Waals surface area contributed by atoms with Crippen molar-refractivity contribution in [3.05, 3.63) is 92.9 Å². The summed E-state index contributed by atoms with van der Waals surface area (Å²) in [7, 11) is 0. The summed E-state index contributed by atoms with van der Waals surface area (Å²) in [6.07, 6.45) is 1.91. The van der Waals surface area contributed by atoms with Crippen molar-refractivity contribution in [2.75, 3.05) is 18.5 Å². The number of aromatic amines is 1. The molecule has 0 bridgehead atoms. The highest BCUT2D eigenvalue weighted by atomic mass is 19.1. The molecule has 8 nitrogen and oxygen atoms in total. The smallest absolute Gasteiger partial charge is 0.272 e. The van der Waals surface area contributed by atoms with E-state index in [1.165, 1.54) is 17.0 Å². The largest absolute Gasteiger partial charge is 0.352 e. The van der Waals surface area contributed by atoms with Crippen molar-refractivity contribution in [1.29, 1.82) is 0 Å². The highest BCUT2D eigenvalue weighted by Gasteiger charge is 2.28. The number of hydrogen-bond acceptors (Lipinski definition) is 6. The second-order valence-corrected chi connectivity index (χ2v) is 7.98. The van der Waals surface area contributed by atoms with E-state index in [9.17, 15) is 18.4 Å². The molecule has 0 unspecified atom stereocenters. The standard InChI is InChI=1S/C24H20F2N6O2/c25-7-8-27-24-28-11-15-12-32(13-21(15)29-24)23(34)18-9-14(5-6-19(18)26)10-20-16-3-1-2-4-17(16)22(33)31-30-20/h1-6,9,11H,7-8,10,12-13H2,(H,31,33)(H,27,28,29). The van der Waals surface area contributed by atoms with Crippen LogP contribution in [0.4, 0.5) is 14.7 Å². The number of fused-ring (bicyclic) bond motifs is 2. The predicted octanol–water partition coefficient (Wildman–Crippen LogP) is 2.98. The Hall–Kier alpha value is -4.21. The van der Waals surface area contributed by atoms with Crippen LogP contribution >= 0.6 is 0 Å². The van der Waals surface area contributed by atoms with Gasteiger partial charge < -0.3 is 10.2 Å². The van der Waals surface area contributed by atoms with E-state index in [1.807, 2.05) is 12.1 Å². The zero-order chi connectivity index (χ0) is 23.7. The zero-order valence-corrected chi connectivity index (χ0v) is 18.0. The average molecular weight is 462 g/mol. The third-order valence-electron chi connectivity index (χ3n) is 5.73. The zero-order valence-electron chi connectivity index (χ0n) is 18.0. The fourth-order valence-electron chi connectivity index (χ4n) is 4.06.